The minimum absolute atomic E-state index is 0.173. The van der Waals surface area contributed by atoms with Gasteiger partial charge in [-0.15, -0.1) is 0 Å². The molecule has 1 aliphatic rings. The first-order valence-corrected chi connectivity index (χ1v) is 9.24. The fourth-order valence-electron chi connectivity index (χ4n) is 3.86. The molecule has 26 heavy (non-hydrogen) atoms. The lowest BCUT2D eigenvalue weighted by Crippen LogP contribution is -2.43. The zero-order valence-electron chi connectivity index (χ0n) is 15.5. The van der Waals surface area contributed by atoms with E-state index in [-0.39, 0.29) is 11.9 Å². The van der Waals surface area contributed by atoms with Gasteiger partial charge >= 0.3 is 5.97 Å². The Bertz CT molecular complexity index is 744. The number of esters is 1. The zero-order valence-corrected chi connectivity index (χ0v) is 15.5. The predicted octanol–water partition coefficient (Wildman–Crippen LogP) is 3.85. The lowest BCUT2D eigenvalue weighted by molar-refractivity contribution is -0.0619. The van der Waals surface area contributed by atoms with Crippen LogP contribution in [0.3, 0.4) is 0 Å². The van der Waals surface area contributed by atoms with Gasteiger partial charge in [-0.05, 0) is 56.8 Å². The van der Waals surface area contributed by atoms with Gasteiger partial charge in [-0.25, -0.2) is 4.79 Å². The van der Waals surface area contributed by atoms with Crippen LogP contribution in [0.5, 0.6) is 5.75 Å². The highest BCUT2D eigenvalue weighted by atomic mass is 16.5. The largest absolute Gasteiger partial charge is 0.423 e. The maximum atomic E-state index is 12.3. The smallest absolute Gasteiger partial charge is 0.343 e. The van der Waals surface area contributed by atoms with E-state index in [0.717, 1.165) is 37.8 Å². The first kappa shape index (κ1) is 18.6. The third kappa shape index (κ3) is 4.14. The second-order valence-electron chi connectivity index (χ2n) is 7.41. The van der Waals surface area contributed by atoms with Crippen molar-refractivity contribution in [2.75, 3.05) is 20.6 Å². The molecular weight excluding hydrogens is 326 g/mol. The van der Waals surface area contributed by atoms with Crippen molar-refractivity contribution in [2.24, 2.45) is 5.92 Å². The summed E-state index contributed by atoms with van der Waals surface area (Å²) in [6.45, 7) is 0.838. The molecule has 1 aliphatic carbocycles. The van der Waals surface area contributed by atoms with E-state index in [1.807, 2.05) is 50.5 Å². The van der Waals surface area contributed by atoms with Gasteiger partial charge < -0.3 is 14.7 Å². The first-order chi connectivity index (χ1) is 12.5. The highest BCUT2D eigenvalue weighted by Crippen LogP contribution is 2.42. The highest BCUT2D eigenvalue weighted by molar-refractivity contribution is 5.90. The molecular formula is C22H27NO3. The predicted molar refractivity (Wildman–Crippen MR) is 102 cm³/mol. The molecule has 0 heterocycles. The van der Waals surface area contributed by atoms with Crippen LogP contribution < -0.4 is 4.74 Å². The maximum absolute atomic E-state index is 12.3. The van der Waals surface area contributed by atoms with E-state index < -0.39 is 5.60 Å². The van der Waals surface area contributed by atoms with Crippen LogP contribution >= 0.6 is 0 Å². The van der Waals surface area contributed by atoms with E-state index in [0.29, 0.717) is 11.3 Å². The van der Waals surface area contributed by atoms with Crippen molar-refractivity contribution in [1.29, 1.82) is 0 Å². The summed E-state index contributed by atoms with van der Waals surface area (Å²) in [5, 5.41) is 11.5. The van der Waals surface area contributed by atoms with Gasteiger partial charge in [-0.1, -0.05) is 43.2 Å². The van der Waals surface area contributed by atoms with Crippen molar-refractivity contribution >= 4 is 5.97 Å². The molecule has 0 aliphatic heterocycles. The summed E-state index contributed by atoms with van der Waals surface area (Å²) in [4.78, 5) is 14.4. The van der Waals surface area contributed by atoms with Crippen LogP contribution in [0.2, 0.25) is 0 Å². The molecule has 2 aromatic carbocycles. The molecule has 0 saturated heterocycles. The monoisotopic (exact) mass is 353 g/mol. The van der Waals surface area contributed by atoms with Gasteiger partial charge in [0.25, 0.3) is 0 Å². The van der Waals surface area contributed by atoms with Gasteiger partial charge in [0.05, 0.1) is 11.2 Å². The third-order valence-corrected chi connectivity index (χ3v) is 5.18. The SMILES string of the molecule is CN(C)CC1CCCCC1(O)c1cccc(OC(=O)c2ccccc2)c1. The molecule has 2 atom stereocenters. The lowest BCUT2D eigenvalue weighted by atomic mass is 9.71. The summed E-state index contributed by atoms with van der Waals surface area (Å²) in [5.74, 6) is 0.258. The molecule has 2 aromatic rings. The number of hydrogen-bond acceptors (Lipinski definition) is 4. The quantitative estimate of drug-likeness (QED) is 0.655. The molecule has 1 fully saturated rings. The molecule has 0 bridgehead atoms. The van der Waals surface area contributed by atoms with Crippen LogP contribution in [0, 0.1) is 5.92 Å². The van der Waals surface area contributed by atoms with Crippen molar-refractivity contribution in [2.45, 2.75) is 31.3 Å². The molecule has 1 saturated carbocycles. The van der Waals surface area contributed by atoms with Crippen molar-refractivity contribution in [3.8, 4) is 5.75 Å². The number of benzene rings is 2. The van der Waals surface area contributed by atoms with Gasteiger partial charge in [0.2, 0.25) is 0 Å². The number of aliphatic hydroxyl groups is 1. The van der Waals surface area contributed by atoms with E-state index in [2.05, 4.69) is 4.90 Å². The number of carbonyl (C=O) groups excluding carboxylic acids is 1. The Hall–Kier alpha value is -2.17. The third-order valence-electron chi connectivity index (χ3n) is 5.18. The maximum Gasteiger partial charge on any atom is 0.343 e. The minimum atomic E-state index is -0.877. The van der Waals surface area contributed by atoms with Gasteiger partial charge in [0.1, 0.15) is 5.75 Å². The fourth-order valence-corrected chi connectivity index (χ4v) is 3.86. The normalized spacial score (nSPS) is 23.0. The second kappa shape index (κ2) is 8.02. The summed E-state index contributed by atoms with van der Waals surface area (Å²) < 4.78 is 5.53. The average molecular weight is 353 g/mol. The van der Waals surface area contributed by atoms with Crippen LogP contribution in [0.1, 0.15) is 41.6 Å². The van der Waals surface area contributed by atoms with Crippen LogP contribution in [0.25, 0.3) is 0 Å². The molecule has 1 N–H and O–H groups in total. The Kier molecular flexibility index (Phi) is 5.74. The highest BCUT2D eigenvalue weighted by Gasteiger charge is 2.40. The van der Waals surface area contributed by atoms with E-state index in [4.69, 9.17) is 4.74 Å². The first-order valence-electron chi connectivity index (χ1n) is 9.24. The number of hydrogen-bond donors (Lipinski definition) is 1. The van der Waals surface area contributed by atoms with Crippen LogP contribution in [-0.2, 0) is 5.60 Å². The van der Waals surface area contributed by atoms with E-state index >= 15 is 0 Å². The Balaban J connectivity index is 1.82. The number of nitrogens with zero attached hydrogens (tertiary/aromatic N) is 1. The summed E-state index contributed by atoms with van der Waals surface area (Å²) >= 11 is 0. The van der Waals surface area contributed by atoms with Crippen molar-refractivity contribution in [3.63, 3.8) is 0 Å². The average Bonchev–Trinajstić information content (AvgIpc) is 2.64. The number of carbonyl (C=O) groups is 1. The molecule has 0 radical (unpaired) electrons. The van der Waals surface area contributed by atoms with Crippen molar-refractivity contribution in [3.05, 3.63) is 65.7 Å². The fraction of sp³-hybridized carbons (Fsp3) is 0.409. The molecule has 4 heteroatoms. The van der Waals surface area contributed by atoms with Gasteiger partial charge in [0.15, 0.2) is 0 Å². The molecule has 138 valence electrons. The molecule has 0 spiro atoms. The van der Waals surface area contributed by atoms with Crippen LogP contribution in [0.4, 0.5) is 0 Å². The Morgan fingerprint density at radius 1 is 1.15 bits per heavy atom. The summed E-state index contributed by atoms with van der Waals surface area (Å²) in [6, 6.07) is 16.3. The summed E-state index contributed by atoms with van der Waals surface area (Å²) in [6.07, 6.45) is 3.89. The Labute approximate surface area is 155 Å². The van der Waals surface area contributed by atoms with E-state index in [1.54, 1.807) is 18.2 Å². The molecule has 3 rings (SSSR count). The van der Waals surface area contributed by atoms with Crippen molar-refractivity contribution < 1.29 is 14.6 Å². The zero-order chi connectivity index (χ0) is 18.6. The number of ether oxygens (including phenoxy) is 1. The van der Waals surface area contributed by atoms with E-state index in [1.165, 1.54) is 0 Å². The van der Waals surface area contributed by atoms with Crippen LogP contribution in [-0.4, -0.2) is 36.6 Å². The Morgan fingerprint density at radius 3 is 2.65 bits per heavy atom. The molecule has 0 aromatic heterocycles. The van der Waals surface area contributed by atoms with Gasteiger partial charge in [-0.2, -0.15) is 0 Å². The number of rotatable bonds is 5. The van der Waals surface area contributed by atoms with Gasteiger partial charge in [0, 0.05) is 12.5 Å². The van der Waals surface area contributed by atoms with E-state index in [9.17, 15) is 9.90 Å². The standard InChI is InChI=1S/C22H27NO3/c1-23(2)16-19-11-6-7-14-22(19,25)18-12-8-13-20(15-18)26-21(24)17-9-4-3-5-10-17/h3-5,8-10,12-13,15,19,25H,6-7,11,14,16H2,1-2H3. The summed E-state index contributed by atoms with van der Waals surface area (Å²) in [5.41, 5.74) is 0.472. The molecule has 0 amide bonds. The van der Waals surface area contributed by atoms with Gasteiger partial charge in [-0.3, -0.25) is 0 Å². The lowest BCUT2D eigenvalue weighted by Gasteiger charge is -2.41. The molecule has 2 unspecified atom stereocenters. The van der Waals surface area contributed by atoms with Crippen LogP contribution in [0.15, 0.2) is 54.6 Å². The topological polar surface area (TPSA) is 49.8 Å². The Morgan fingerprint density at radius 2 is 1.92 bits per heavy atom. The summed E-state index contributed by atoms with van der Waals surface area (Å²) in [7, 11) is 4.07. The molecule has 4 nitrogen and oxygen atoms in total. The minimum Gasteiger partial charge on any atom is -0.423 e. The van der Waals surface area contributed by atoms with Crippen molar-refractivity contribution in [1.82, 2.24) is 4.90 Å². The second-order valence-corrected chi connectivity index (χ2v) is 7.41.